The van der Waals surface area contributed by atoms with Gasteiger partial charge < -0.3 is 10.2 Å². The van der Waals surface area contributed by atoms with Gasteiger partial charge in [0.05, 0.1) is 0 Å². The summed E-state index contributed by atoms with van der Waals surface area (Å²) in [6.07, 6.45) is 6.85. The molecule has 112 valence electrons. The number of nitrogens with zero attached hydrogens (tertiary/aromatic N) is 1. The van der Waals surface area contributed by atoms with Crippen molar-refractivity contribution < 1.29 is 0 Å². The Bertz CT molecular complexity index is 374. The molecule has 2 rings (SSSR count). The van der Waals surface area contributed by atoms with Crippen LogP contribution in [0.5, 0.6) is 0 Å². The van der Waals surface area contributed by atoms with E-state index in [1.165, 1.54) is 37.7 Å². The van der Waals surface area contributed by atoms with Crippen molar-refractivity contribution in [1.82, 2.24) is 10.2 Å². The minimum atomic E-state index is 0.451. The lowest BCUT2D eigenvalue weighted by molar-refractivity contribution is 0.242. The van der Waals surface area contributed by atoms with Crippen LogP contribution in [-0.4, -0.2) is 31.6 Å². The Morgan fingerprint density at radius 1 is 1.20 bits per heavy atom. The van der Waals surface area contributed by atoms with Crippen LogP contribution in [0.4, 0.5) is 0 Å². The van der Waals surface area contributed by atoms with Crippen molar-refractivity contribution in [2.75, 3.05) is 20.6 Å². The molecule has 0 aliphatic heterocycles. The van der Waals surface area contributed by atoms with E-state index in [1.54, 1.807) is 0 Å². The molecule has 1 aromatic rings. The van der Waals surface area contributed by atoms with E-state index in [-0.39, 0.29) is 0 Å². The molecule has 2 heteroatoms. The Hall–Kier alpha value is -0.860. The van der Waals surface area contributed by atoms with Crippen LogP contribution < -0.4 is 5.32 Å². The van der Waals surface area contributed by atoms with Crippen LogP contribution in [0.3, 0.4) is 0 Å². The molecule has 0 heterocycles. The van der Waals surface area contributed by atoms with E-state index in [9.17, 15) is 0 Å². The third-order valence-corrected chi connectivity index (χ3v) is 4.55. The van der Waals surface area contributed by atoms with Gasteiger partial charge in [0.15, 0.2) is 0 Å². The first-order valence-corrected chi connectivity index (χ1v) is 8.14. The second-order valence-corrected chi connectivity index (χ2v) is 6.53. The van der Waals surface area contributed by atoms with Gasteiger partial charge >= 0.3 is 0 Å². The molecule has 0 saturated heterocycles. The fourth-order valence-electron chi connectivity index (χ4n) is 3.40. The average molecular weight is 274 g/mol. The molecule has 1 aliphatic carbocycles. The molecular weight excluding hydrogens is 244 g/mol. The van der Waals surface area contributed by atoms with Crippen molar-refractivity contribution in [1.29, 1.82) is 0 Å². The van der Waals surface area contributed by atoms with Crippen LogP contribution in [0, 0.1) is 5.92 Å². The van der Waals surface area contributed by atoms with Crippen LogP contribution in [0.2, 0.25) is 0 Å². The van der Waals surface area contributed by atoms with Gasteiger partial charge in [-0.05, 0) is 38.4 Å². The van der Waals surface area contributed by atoms with E-state index in [4.69, 9.17) is 0 Å². The van der Waals surface area contributed by atoms with Gasteiger partial charge in [-0.2, -0.15) is 0 Å². The summed E-state index contributed by atoms with van der Waals surface area (Å²) in [6.45, 7) is 3.40. The van der Waals surface area contributed by atoms with Crippen LogP contribution in [0.25, 0.3) is 0 Å². The summed E-state index contributed by atoms with van der Waals surface area (Å²) in [7, 11) is 4.32. The molecule has 0 radical (unpaired) electrons. The summed E-state index contributed by atoms with van der Waals surface area (Å²) in [5, 5.41) is 3.93. The largest absolute Gasteiger partial charge is 0.308 e. The molecule has 1 fully saturated rings. The van der Waals surface area contributed by atoms with Gasteiger partial charge in [-0.1, -0.05) is 56.5 Å². The molecule has 3 atom stereocenters. The van der Waals surface area contributed by atoms with Gasteiger partial charge in [0, 0.05) is 18.6 Å². The molecule has 0 amide bonds. The second kappa shape index (κ2) is 7.80. The molecular formula is C18H30N2. The molecule has 2 nitrogen and oxygen atoms in total. The lowest BCUT2D eigenvalue weighted by Crippen LogP contribution is -2.40. The number of hydrogen-bond donors (Lipinski definition) is 1. The van der Waals surface area contributed by atoms with Crippen LogP contribution in [0.1, 0.15) is 50.6 Å². The highest BCUT2D eigenvalue weighted by atomic mass is 15.1. The molecule has 0 bridgehead atoms. The number of likely N-dealkylation sites (N-methyl/N-ethyl adjacent to an activating group) is 1. The smallest absolute Gasteiger partial charge is 0.0451 e. The summed E-state index contributed by atoms with van der Waals surface area (Å²) in [4.78, 5) is 2.28. The SMILES string of the molecule is CCC1CCCC(NC(CN(C)C)c2ccccc2)C1. The van der Waals surface area contributed by atoms with E-state index in [2.05, 4.69) is 61.6 Å². The predicted octanol–water partition coefficient (Wildman–Crippen LogP) is 3.85. The van der Waals surface area contributed by atoms with Crippen molar-refractivity contribution in [2.24, 2.45) is 5.92 Å². The van der Waals surface area contributed by atoms with Crippen LogP contribution in [-0.2, 0) is 0 Å². The molecule has 1 aliphatic rings. The maximum absolute atomic E-state index is 3.93. The normalized spacial score (nSPS) is 24.8. The van der Waals surface area contributed by atoms with Gasteiger partial charge in [0.2, 0.25) is 0 Å². The zero-order valence-corrected chi connectivity index (χ0v) is 13.3. The van der Waals surface area contributed by atoms with E-state index < -0.39 is 0 Å². The molecule has 1 N–H and O–H groups in total. The fourth-order valence-corrected chi connectivity index (χ4v) is 3.40. The third-order valence-electron chi connectivity index (χ3n) is 4.55. The Morgan fingerprint density at radius 2 is 1.95 bits per heavy atom. The summed E-state index contributed by atoms with van der Waals surface area (Å²) in [5.41, 5.74) is 1.42. The standard InChI is InChI=1S/C18H30N2/c1-4-15-9-8-12-17(13-15)19-18(14-20(2)3)16-10-6-5-7-11-16/h5-7,10-11,15,17-19H,4,8-9,12-14H2,1-3H3. The van der Waals surface area contributed by atoms with Crippen molar-refractivity contribution in [3.63, 3.8) is 0 Å². The van der Waals surface area contributed by atoms with Crippen LogP contribution >= 0.6 is 0 Å². The molecule has 20 heavy (non-hydrogen) atoms. The molecule has 1 saturated carbocycles. The van der Waals surface area contributed by atoms with Crippen molar-refractivity contribution >= 4 is 0 Å². The summed E-state index contributed by atoms with van der Waals surface area (Å²) < 4.78 is 0. The second-order valence-electron chi connectivity index (χ2n) is 6.53. The number of hydrogen-bond acceptors (Lipinski definition) is 2. The van der Waals surface area contributed by atoms with Gasteiger partial charge in [-0.25, -0.2) is 0 Å². The minimum absolute atomic E-state index is 0.451. The quantitative estimate of drug-likeness (QED) is 0.847. The Kier molecular flexibility index (Phi) is 6.06. The van der Waals surface area contributed by atoms with E-state index in [0.717, 1.165) is 12.5 Å². The van der Waals surface area contributed by atoms with Crippen molar-refractivity contribution in [3.8, 4) is 0 Å². The summed E-state index contributed by atoms with van der Waals surface area (Å²) >= 11 is 0. The fraction of sp³-hybridized carbons (Fsp3) is 0.667. The Labute approximate surface area is 124 Å². The summed E-state index contributed by atoms with van der Waals surface area (Å²) in [6, 6.07) is 12.0. The van der Waals surface area contributed by atoms with Crippen molar-refractivity contribution in [3.05, 3.63) is 35.9 Å². The number of benzene rings is 1. The zero-order valence-electron chi connectivity index (χ0n) is 13.3. The lowest BCUT2D eigenvalue weighted by Gasteiger charge is -2.33. The van der Waals surface area contributed by atoms with E-state index >= 15 is 0 Å². The summed E-state index contributed by atoms with van der Waals surface area (Å²) in [5.74, 6) is 0.928. The number of nitrogens with one attached hydrogen (secondary N) is 1. The first-order valence-electron chi connectivity index (χ1n) is 8.14. The minimum Gasteiger partial charge on any atom is -0.308 e. The third kappa shape index (κ3) is 4.60. The van der Waals surface area contributed by atoms with Gasteiger partial charge in [0.25, 0.3) is 0 Å². The first-order chi connectivity index (χ1) is 9.69. The Morgan fingerprint density at radius 3 is 2.60 bits per heavy atom. The average Bonchev–Trinajstić information content (AvgIpc) is 2.47. The molecule has 3 unspecified atom stereocenters. The van der Waals surface area contributed by atoms with Crippen LogP contribution in [0.15, 0.2) is 30.3 Å². The zero-order chi connectivity index (χ0) is 14.4. The Balaban J connectivity index is 2.00. The number of rotatable bonds is 6. The van der Waals surface area contributed by atoms with Gasteiger partial charge in [-0.3, -0.25) is 0 Å². The maximum Gasteiger partial charge on any atom is 0.0451 e. The highest BCUT2D eigenvalue weighted by Crippen LogP contribution is 2.28. The van der Waals surface area contributed by atoms with E-state index in [1.807, 2.05) is 0 Å². The lowest BCUT2D eigenvalue weighted by atomic mass is 9.83. The molecule has 0 spiro atoms. The predicted molar refractivity (Wildman–Crippen MR) is 86.9 cm³/mol. The van der Waals surface area contributed by atoms with Crippen molar-refractivity contribution in [2.45, 2.75) is 51.1 Å². The monoisotopic (exact) mass is 274 g/mol. The first kappa shape index (κ1) is 15.5. The topological polar surface area (TPSA) is 15.3 Å². The maximum atomic E-state index is 3.93. The highest BCUT2D eigenvalue weighted by molar-refractivity contribution is 5.19. The van der Waals surface area contributed by atoms with E-state index in [0.29, 0.717) is 12.1 Å². The molecule has 1 aromatic carbocycles. The highest BCUT2D eigenvalue weighted by Gasteiger charge is 2.23. The van der Waals surface area contributed by atoms with Gasteiger partial charge in [-0.15, -0.1) is 0 Å². The van der Waals surface area contributed by atoms with Gasteiger partial charge in [0.1, 0.15) is 0 Å². The molecule has 0 aromatic heterocycles.